The fourth-order valence-electron chi connectivity index (χ4n) is 1.10. The summed E-state index contributed by atoms with van der Waals surface area (Å²) in [5, 5.41) is 0. The van der Waals surface area contributed by atoms with Crippen molar-refractivity contribution in [3.63, 3.8) is 0 Å². The smallest absolute Gasteiger partial charge is 0.253 e. The second-order valence-electron chi connectivity index (χ2n) is 3.15. The van der Waals surface area contributed by atoms with Crippen molar-refractivity contribution < 1.29 is 4.79 Å². The third kappa shape index (κ3) is 2.47. The lowest BCUT2D eigenvalue weighted by atomic mass is 10.2. The second-order valence-corrected chi connectivity index (χ2v) is 3.15. The van der Waals surface area contributed by atoms with Crippen molar-refractivity contribution >= 4 is 11.6 Å². The Morgan fingerprint density at radius 1 is 1.21 bits per heavy atom. The molecule has 0 aliphatic heterocycles. The maximum atomic E-state index is 11.5. The van der Waals surface area contributed by atoms with E-state index in [1.54, 1.807) is 38.2 Å². The molecule has 1 rings (SSSR count). The second kappa shape index (κ2) is 4.62. The number of hydrogen-bond acceptors (Lipinski definition) is 3. The van der Waals surface area contributed by atoms with Gasteiger partial charge >= 0.3 is 0 Å². The van der Waals surface area contributed by atoms with Crippen molar-refractivity contribution in [1.29, 1.82) is 0 Å². The molecule has 4 heteroatoms. The van der Waals surface area contributed by atoms with Crippen LogP contribution in [0.2, 0.25) is 0 Å². The summed E-state index contributed by atoms with van der Waals surface area (Å²) >= 11 is 0. The van der Waals surface area contributed by atoms with Crippen molar-refractivity contribution in [1.82, 2.24) is 10.3 Å². The highest BCUT2D eigenvalue weighted by molar-refractivity contribution is 5.94. The van der Waals surface area contributed by atoms with Crippen LogP contribution in [0.3, 0.4) is 0 Å². The van der Waals surface area contributed by atoms with Gasteiger partial charge in [0.2, 0.25) is 0 Å². The maximum Gasteiger partial charge on any atom is 0.253 e. The molecule has 0 atom stereocenters. The lowest BCUT2D eigenvalue weighted by Crippen LogP contribution is -2.21. The lowest BCUT2D eigenvalue weighted by molar-refractivity contribution is 0.0827. The first-order chi connectivity index (χ1) is 6.65. The van der Waals surface area contributed by atoms with E-state index in [0.717, 1.165) is 5.69 Å². The molecule has 0 fully saturated rings. The number of carbonyl (C=O) groups is 1. The molecule has 0 aliphatic carbocycles. The Bertz CT molecular complexity index is 306. The van der Waals surface area contributed by atoms with Gasteiger partial charge in [-0.3, -0.25) is 4.79 Å². The van der Waals surface area contributed by atoms with E-state index in [-0.39, 0.29) is 5.91 Å². The van der Waals surface area contributed by atoms with Gasteiger partial charge < -0.3 is 10.3 Å². The zero-order valence-electron chi connectivity index (χ0n) is 8.66. The molecule has 0 aliphatic rings. The summed E-state index contributed by atoms with van der Waals surface area (Å²) in [5.41, 5.74) is 7.36. The fraction of sp³-hybridized carbons (Fsp3) is 0.300. The molecule has 0 unspecified atom stereocenters. The van der Waals surface area contributed by atoms with Gasteiger partial charge in [0.15, 0.2) is 0 Å². The van der Waals surface area contributed by atoms with E-state index in [0.29, 0.717) is 5.56 Å². The van der Waals surface area contributed by atoms with E-state index in [1.807, 2.05) is 12.1 Å². The molecule has 1 aromatic rings. The van der Waals surface area contributed by atoms with Crippen LogP contribution in [-0.4, -0.2) is 32.0 Å². The van der Waals surface area contributed by atoms with Crippen LogP contribution in [0.1, 0.15) is 10.4 Å². The maximum absolute atomic E-state index is 11.5. The molecule has 14 heavy (non-hydrogen) atoms. The molecule has 1 aromatic carbocycles. The normalized spacial score (nSPS) is 9.64. The molecule has 0 radical (unpaired) electrons. The van der Waals surface area contributed by atoms with Gasteiger partial charge in [0.1, 0.15) is 0 Å². The minimum Gasteiger partial charge on any atom is -0.345 e. The van der Waals surface area contributed by atoms with Crippen LogP contribution in [-0.2, 0) is 0 Å². The van der Waals surface area contributed by atoms with Gasteiger partial charge in [0.25, 0.3) is 5.91 Å². The first-order valence-electron chi connectivity index (χ1n) is 4.39. The number of hydrazine groups is 1. The van der Waals surface area contributed by atoms with Crippen molar-refractivity contribution in [2.75, 3.05) is 26.6 Å². The molecule has 0 aromatic heterocycles. The van der Waals surface area contributed by atoms with Crippen LogP contribution < -0.4 is 10.9 Å². The van der Waals surface area contributed by atoms with Gasteiger partial charge in [0, 0.05) is 32.4 Å². The molecule has 2 N–H and O–H groups in total. The van der Waals surface area contributed by atoms with Gasteiger partial charge in [0.05, 0.1) is 0 Å². The minimum atomic E-state index is 0.0148. The number of carbonyl (C=O) groups excluding carboxylic acids is 1. The third-order valence-corrected chi connectivity index (χ3v) is 1.81. The molecule has 4 nitrogen and oxygen atoms in total. The van der Waals surface area contributed by atoms with Crippen LogP contribution in [0.15, 0.2) is 24.3 Å². The van der Waals surface area contributed by atoms with Gasteiger partial charge in [-0.15, -0.1) is 0 Å². The minimum absolute atomic E-state index is 0.0148. The summed E-state index contributed by atoms with van der Waals surface area (Å²) in [4.78, 5) is 13.1. The Morgan fingerprint density at radius 2 is 1.79 bits per heavy atom. The lowest BCUT2D eigenvalue weighted by Gasteiger charge is -2.10. The predicted octanol–water partition coefficient (Wildman–Crippen LogP) is 0.935. The van der Waals surface area contributed by atoms with E-state index < -0.39 is 0 Å². The molecular formula is C10H15N3O. The van der Waals surface area contributed by atoms with Crippen LogP contribution in [0, 0.1) is 0 Å². The molecule has 0 saturated heterocycles. The topological polar surface area (TPSA) is 44.4 Å². The van der Waals surface area contributed by atoms with Crippen LogP contribution >= 0.6 is 0 Å². The monoisotopic (exact) mass is 193 g/mol. The summed E-state index contributed by atoms with van der Waals surface area (Å²) in [6.07, 6.45) is 0. The number of anilines is 1. The van der Waals surface area contributed by atoms with E-state index in [4.69, 9.17) is 0 Å². The van der Waals surface area contributed by atoms with Gasteiger partial charge in [-0.1, -0.05) is 0 Å². The average molecular weight is 193 g/mol. The zero-order chi connectivity index (χ0) is 10.6. The number of nitrogens with one attached hydrogen (secondary N) is 2. The van der Waals surface area contributed by atoms with Gasteiger partial charge in [-0.05, 0) is 24.3 Å². The summed E-state index contributed by atoms with van der Waals surface area (Å²) in [6.45, 7) is 0. The van der Waals surface area contributed by atoms with E-state index in [1.165, 1.54) is 0 Å². The summed E-state index contributed by atoms with van der Waals surface area (Å²) in [6, 6.07) is 7.30. The number of amides is 1. The van der Waals surface area contributed by atoms with Crippen molar-refractivity contribution in [2.45, 2.75) is 0 Å². The van der Waals surface area contributed by atoms with Crippen molar-refractivity contribution in [3.8, 4) is 0 Å². The largest absolute Gasteiger partial charge is 0.345 e. The van der Waals surface area contributed by atoms with Gasteiger partial charge in [-0.2, -0.15) is 0 Å². The van der Waals surface area contributed by atoms with Crippen molar-refractivity contribution in [2.24, 2.45) is 0 Å². The number of nitrogens with zero attached hydrogens (tertiary/aromatic N) is 1. The molecular weight excluding hydrogens is 178 g/mol. The summed E-state index contributed by atoms with van der Waals surface area (Å²) < 4.78 is 0. The van der Waals surface area contributed by atoms with Crippen LogP contribution in [0.25, 0.3) is 0 Å². The Labute approximate surface area is 83.9 Å². The molecule has 1 amide bonds. The number of rotatable bonds is 3. The molecule has 0 spiro atoms. The van der Waals surface area contributed by atoms with E-state index >= 15 is 0 Å². The standard InChI is InChI=1S/C10H15N3O/c1-11-12-9-6-4-8(5-7-9)10(14)13(2)3/h4-7,11-12H,1-3H3. The van der Waals surface area contributed by atoms with Crippen LogP contribution in [0.5, 0.6) is 0 Å². The molecule has 76 valence electrons. The average Bonchev–Trinajstić information content (AvgIpc) is 2.18. The van der Waals surface area contributed by atoms with E-state index in [9.17, 15) is 4.79 Å². The summed E-state index contributed by atoms with van der Waals surface area (Å²) in [5.74, 6) is 0.0148. The zero-order valence-corrected chi connectivity index (χ0v) is 8.66. The van der Waals surface area contributed by atoms with Gasteiger partial charge in [-0.25, -0.2) is 5.43 Å². The Kier molecular flexibility index (Phi) is 3.48. The highest BCUT2D eigenvalue weighted by Gasteiger charge is 2.06. The SMILES string of the molecule is CNNc1ccc(C(=O)N(C)C)cc1. The molecule has 0 heterocycles. The highest BCUT2D eigenvalue weighted by Crippen LogP contribution is 2.09. The van der Waals surface area contributed by atoms with Crippen LogP contribution in [0.4, 0.5) is 5.69 Å². The molecule has 0 bridgehead atoms. The third-order valence-electron chi connectivity index (χ3n) is 1.81. The Morgan fingerprint density at radius 3 is 2.21 bits per heavy atom. The molecule has 0 saturated carbocycles. The predicted molar refractivity (Wildman–Crippen MR) is 57.1 cm³/mol. The number of benzene rings is 1. The number of hydrogen-bond donors (Lipinski definition) is 2. The fourth-order valence-corrected chi connectivity index (χ4v) is 1.10. The Balaban J connectivity index is 2.78. The summed E-state index contributed by atoms with van der Waals surface area (Å²) in [7, 11) is 5.27. The first-order valence-corrected chi connectivity index (χ1v) is 4.39. The van der Waals surface area contributed by atoms with Crippen molar-refractivity contribution in [3.05, 3.63) is 29.8 Å². The highest BCUT2D eigenvalue weighted by atomic mass is 16.2. The Hall–Kier alpha value is -1.55. The quantitative estimate of drug-likeness (QED) is 0.702. The van der Waals surface area contributed by atoms with E-state index in [2.05, 4.69) is 10.9 Å². The first kappa shape index (κ1) is 10.5.